The molecule has 3 aliphatic heterocycles. The van der Waals surface area contributed by atoms with E-state index in [0.717, 1.165) is 38.0 Å². The second kappa shape index (κ2) is 7.09. The van der Waals surface area contributed by atoms with Crippen LogP contribution in [0.2, 0.25) is 0 Å². The Balaban J connectivity index is 1.38. The molecule has 4 rings (SSSR count). The molecule has 150 valence electrons. The number of benzene rings is 1. The number of amides is 3. The van der Waals surface area contributed by atoms with Gasteiger partial charge in [-0.25, -0.2) is 4.79 Å². The van der Waals surface area contributed by atoms with Crippen LogP contribution in [0.1, 0.15) is 52.1 Å². The minimum atomic E-state index is -0.841. The van der Waals surface area contributed by atoms with Gasteiger partial charge in [0.15, 0.2) is 0 Å². The first-order chi connectivity index (χ1) is 13.4. The van der Waals surface area contributed by atoms with Gasteiger partial charge in [-0.1, -0.05) is 12.1 Å². The fourth-order valence-corrected chi connectivity index (χ4v) is 4.89. The number of fused-ring (bicyclic) bond motifs is 1. The third-order valence-electron chi connectivity index (χ3n) is 6.37. The van der Waals surface area contributed by atoms with E-state index >= 15 is 0 Å². The highest BCUT2D eigenvalue weighted by Gasteiger charge is 2.41. The summed E-state index contributed by atoms with van der Waals surface area (Å²) >= 11 is 0. The predicted octanol–water partition coefficient (Wildman–Crippen LogP) is 1.38. The van der Waals surface area contributed by atoms with Crippen LogP contribution in [-0.4, -0.2) is 76.5 Å². The van der Waals surface area contributed by atoms with Crippen molar-refractivity contribution in [2.75, 3.05) is 32.7 Å². The zero-order valence-corrected chi connectivity index (χ0v) is 16.0. The quantitative estimate of drug-likeness (QED) is 0.813. The minimum Gasteiger partial charge on any atom is -0.465 e. The number of piperidine rings is 1. The van der Waals surface area contributed by atoms with Crippen LogP contribution in [0.3, 0.4) is 0 Å². The van der Waals surface area contributed by atoms with E-state index in [9.17, 15) is 14.4 Å². The average Bonchev–Trinajstić information content (AvgIpc) is 2.89. The molecule has 0 aliphatic carbocycles. The Hall–Kier alpha value is -2.61. The van der Waals surface area contributed by atoms with Gasteiger partial charge in [0.25, 0.3) is 5.91 Å². The molecular formula is C20H26N4O4. The molecule has 0 aromatic heterocycles. The Morgan fingerprint density at radius 3 is 2.50 bits per heavy atom. The molecule has 1 unspecified atom stereocenters. The first kappa shape index (κ1) is 18.7. The number of rotatable bonds is 4. The molecule has 0 radical (unpaired) electrons. The van der Waals surface area contributed by atoms with Crippen molar-refractivity contribution in [2.45, 2.75) is 31.8 Å². The maximum absolute atomic E-state index is 13.1. The van der Waals surface area contributed by atoms with Crippen molar-refractivity contribution >= 4 is 17.9 Å². The van der Waals surface area contributed by atoms with Crippen molar-refractivity contribution in [3.8, 4) is 0 Å². The number of carbonyl (C=O) groups is 3. The topological polar surface area (TPSA) is 107 Å². The van der Waals surface area contributed by atoms with E-state index in [2.05, 4.69) is 4.90 Å². The summed E-state index contributed by atoms with van der Waals surface area (Å²) in [4.78, 5) is 41.4. The smallest absolute Gasteiger partial charge is 0.407 e. The van der Waals surface area contributed by atoms with E-state index in [1.165, 1.54) is 4.90 Å². The van der Waals surface area contributed by atoms with Gasteiger partial charge in [0.05, 0.1) is 17.2 Å². The molecule has 3 aliphatic rings. The molecule has 1 atom stereocenters. The number of nitrogens with zero attached hydrogens (tertiary/aromatic N) is 3. The Morgan fingerprint density at radius 1 is 1.21 bits per heavy atom. The SMILES string of the molecule is CC1c2cccc(C(N)=O)c2C(=O)N1C1CCN(CC2CN(C(=O)O)C2)CC1. The molecule has 2 fully saturated rings. The monoisotopic (exact) mass is 386 g/mol. The van der Waals surface area contributed by atoms with Gasteiger partial charge in [-0.15, -0.1) is 0 Å². The molecule has 3 heterocycles. The van der Waals surface area contributed by atoms with Gasteiger partial charge in [-0.3, -0.25) is 9.59 Å². The van der Waals surface area contributed by atoms with E-state index in [1.807, 2.05) is 17.9 Å². The Kier molecular flexibility index (Phi) is 4.74. The molecule has 2 saturated heterocycles. The predicted molar refractivity (Wildman–Crippen MR) is 102 cm³/mol. The Morgan fingerprint density at radius 2 is 1.89 bits per heavy atom. The molecule has 3 amide bonds. The fourth-order valence-electron chi connectivity index (χ4n) is 4.89. The molecule has 8 heteroatoms. The van der Waals surface area contributed by atoms with Crippen molar-refractivity contribution in [2.24, 2.45) is 11.7 Å². The second-order valence-electron chi connectivity index (χ2n) is 8.11. The number of primary amides is 1. The van der Waals surface area contributed by atoms with Gasteiger partial charge in [0.1, 0.15) is 0 Å². The van der Waals surface area contributed by atoms with Crippen LogP contribution in [0, 0.1) is 5.92 Å². The van der Waals surface area contributed by atoms with Crippen LogP contribution in [-0.2, 0) is 0 Å². The Bertz CT molecular complexity index is 812. The number of hydrogen-bond acceptors (Lipinski definition) is 4. The number of hydrogen-bond donors (Lipinski definition) is 2. The van der Waals surface area contributed by atoms with Crippen LogP contribution in [0.5, 0.6) is 0 Å². The van der Waals surface area contributed by atoms with E-state index in [1.54, 1.807) is 12.1 Å². The van der Waals surface area contributed by atoms with Gasteiger partial charge < -0.3 is 25.5 Å². The van der Waals surface area contributed by atoms with E-state index < -0.39 is 12.0 Å². The maximum atomic E-state index is 13.1. The van der Waals surface area contributed by atoms with Crippen LogP contribution >= 0.6 is 0 Å². The number of nitrogens with two attached hydrogens (primary N) is 1. The Labute approximate surface area is 163 Å². The second-order valence-corrected chi connectivity index (χ2v) is 8.11. The van der Waals surface area contributed by atoms with Gasteiger partial charge >= 0.3 is 6.09 Å². The van der Waals surface area contributed by atoms with Crippen molar-refractivity contribution in [3.63, 3.8) is 0 Å². The molecule has 1 aromatic carbocycles. The number of carbonyl (C=O) groups excluding carboxylic acids is 2. The van der Waals surface area contributed by atoms with E-state index in [0.29, 0.717) is 30.1 Å². The zero-order valence-electron chi connectivity index (χ0n) is 16.0. The average molecular weight is 386 g/mol. The van der Waals surface area contributed by atoms with Gasteiger partial charge in [0, 0.05) is 44.7 Å². The summed E-state index contributed by atoms with van der Waals surface area (Å²) in [6.07, 6.45) is 0.919. The van der Waals surface area contributed by atoms with E-state index in [4.69, 9.17) is 10.8 Å². The molecule has 0 bridgehead atoms. The molecule has 0 saturated carbocycles. The summed E-state index contributed by atoms with van der Waals surface area (Å²) in [5, 5.41) is 8.94. The highest BCUT2D eigenvalue weighted by molar-refractivity contribution is 6.09. The van der Waals surface area contributed by atoms with Crippen LogP contribution in [0.25, 0.3) is 0 Å². The summed E-state index contributed by atoms with van der Waals surface area (Å²) in [7, 11) is 0. The third-order valence-corrected chi connectivity index (χ3v) is 6.37. The highest BCUT2D eigenvalue weighted by atomic mass is 16.4. The van der Waals surface area contributed by atoms with Gasteiger partial charge in [-0.2, -0.15) is 0 Å². The maximum Gasteiger partial charge on any atom is 0.407 e. The summed E-state index contributed by atoms with van der Waals surface area (Å²) < 4.78 is 0. The van der Waals surface area contributed by atoms with Crippen molar-refractivity contribution < 1.29 is 19.5 Å². The van der Waals surface area contributed by atoms with Gasteiger partial charge in [0.2, 0.25) is 5.91 Å². The van der Waals surface area contributed by atoms with Crippen molar-refractivity contribution in [1.82, 2.24) is 14.7 Å². The summed E-state index contributed by atoms with van der Waals surface area (Å²) in [5.41, 5.74) is 7.13. The standard InChI is InChI=1S/C20H26N4O4/c1-12-15-3-2-4-16(18(21)25)17(15)19(26)24(12)14-5-7-22(8-6-14)9-13-10-23(11-13)20(27)28/h2-4,12-14H,5-11H2,1H3,(H2,21,25)(H,27,28). The molecule has 1 aromatic rings. The van der Waals surface area contributed by atoms with E-state index in [-0.39, 0.29) is 18.0 Å². The normalized spacial score (nSPS) is 23.6. The highest BCUT2D eigenvalue weighted by Crippen LogP contribution is 2.38. The summed E-state index contributed by atoms with van der Waals surface area (Å²) in [6, 6.07) is 5.40. The fraction of sp³-hybridized carbons (Fsp3) is 0.550. The lowest BCUT2D eigenvalue weighted by molar-refractivity contribution is 0.0367. The molecule has 3 N–H and O–H groups in total. The van der Waals surface area contributed by atoms with Crippen LogP contribution in [0.15, 0.2) is 18.2 Å². The zero-order chi connectivity index (χ0) is 20.0. The first-order valence-electron chi connectivity index (χ1n) is 9.82. The lowest BCUT2D eigenvalue weighted by Crippen LogP contribution is -2.55. The third kappa shape index (κ3) is 3.11. The lowest BCUT2D eigenvalue weighted by Gasteiger charge is -2.43. The van der Waals surface area contributed by atoms with Gasteiger partial charge in [-0.05, 0) is 31.4 Å². The number of likely N-dealkylation sites (tertiary alicyclic amines) is 2. The molecule has 28 heavy (non-hydrogen) atoms. The molecule has 8 nitrogen and oxygen atoms in total. The van der Waals surface area contributed by atoms with Crippen molar-refractivity contribution in [3.05, 3.63) is 34.9 Å². The molecule has 0 spiro atoms. The largest absolute Gasteiger partial charge is 0.465 e. The minimum absolute atomic E-state index is 0.0610. The molecular weight excluding hydrogens is 360 g/mol. The summed E-state index contributed by atoms with van der Waals surface area (Å²) in [6.45, 7) is 5.93. The first-order valence-corrected chi connectivity index (χ1v) is 9.82. The van der Waals surface area contributed by atoms with Crippen molar-refractivity contribution in [1.29, 1.82) is 0 Å². The lowest BCUT2D eigenvalue weighted by atomic mass is 9.96. The van der Waals surface area contributed by atoms with Crippen LogP contribution < -0.4 is 5.73 Å². The summed E-state index contributed by atoms with van der Waals surface area (Å²) in [5.74, 6) is -0.251. The number of carboxylic acid groups (broad SMARTS) is 1. The van der Waals surface area contributed by atoms with Crippen LogP contribution in [0.4, 0.5) is 4.79 Å².